The standard InChI is InChI=1S/C64H39NO/c1-3-18-50-45(13-1)46-14-2-4-19-51(46)61(50)41-27-25-39(26-28-41)43-31-35-52-57(38-43)64(62-53-20-8-12-24-60(53)66-63(52)62)55-21-9-5-15-47(55)54-37-42(32-36-56(54)64)40-29-33-44(34-30-40)65-58-22-10-6-16-48(58)49-17-7-11-23-59(49)65/h1-38,61H. The molecule has 2 nitrogen and oxygen atoms in total. The largest absolute Gasteiger partial charge is 0.456 e. The van der Waals surface area contributed by atoms with E-state index in [2.05, 4.69) is 235 Å². The average Bonchev–Trinajstić information content (AvgIpc) is 4.17. The normalized spacial score (nSPS) is 15.3. The third-order valence-electron chi connectivity index (χ3n) is 15.1. The van der Waals surface area contributed by atoms with Gasteiger partial charge in [0, 0.05) is 38.9 Å². The lowest BCUT2D eigenvalue weighted by atomic mass is 9.69. The molecule has 0 radical (unpaired) electrons. The molecule has 2 aromatic heterocycles. The summed E-state index contributed by atoms with van der Waals surface area (Å²) in [4.78, 5) is 0. The molecular formula is C64H39NO. The predicted octanol–water partition coefficient (Wildman–Crippen LogP) is 16.4. The highest BCUT2D eigenvalue weighted by Crippen LogP contribution is 2.65. The Morgan fingerprint density at radius 1 is 0.364 bits per heavy atom. The van der Waals surface area contributed by atoms with Crippen LogP contribution in [0.15, 0.2) is 235 Å². The second kappa shape index (κ2) is 13.3. The fourth-order valence-electron chi connectivity index (χ4n) is 12.4. The second-order valence-corrected chi connectivity index (χ2v) is 18.3. The third-order valence-corrected chi connectivity index (χ3v) is 15.1. The zero-order valence-electron chi connectivity index (χ0n) is 35.9. The van der Waals surface area contributed by atoms with E-state index in [0.29, 0.717) is 0 Å². The van der Waals surface area contributed by atoms with Gasteiger partial charge in [-0.2, -0.15) is 0 Å². The molecule has 0 saturated heterocycles. The van der Waals surface area contributed by atoms with Crippen molar-refractivity contribution in [2.75, 3.05) is 0 Å². The minimum absolute atomic E-state index is 0.216. The van der Waals surface area contributed by atoms with Gasteiger partial charge in [-0.3, -0.25) is 0 Å². The molecule has 0 fully saturated rings. The molecule has 12 aromatic rings. The lowest BCUT2D eigenvalue weighted by Gasteiger charge is -2.30. The summed E-state index contributed by atoms with van der Waals surface area (Å²) in [5, 5.41) is 3.71. The number of fused-ring (bicyclic) bond motifs is 18. The van der Waals surface area contributed by atoms with Crippen LogP contribution in [-0.4, -0.2) is 4.57 Å². The van der Waals surface area contributed by atoms with Crippen LogP contribution in [0.3, 0.4) is 0 Å². The summed E-state index contributed by atoms with van der Waals surface area (Å²) in [5.41, 5.74) is 24.3. The van der Waals surface area contributed by atoms with E-state index in [0.717, 1.165) is 22.6 Å². The van der Waals surface area contributed by atoms with Crippen molar-refractivity contribution in [1.29, 1.82) is 0 Å². The smallest absolute Gasteiger partial charge is 0.140 e. The van der Waals surface area contributed by atoms with Gasteiger partial charge in [-0.05, 0) is 120 Å². The van der Waals surface area contributed by atoms with Crippen LogP contribution in [-0.2, 0) is 5.41 Å². The lowest BCUT2D eigenvalue weighted by molar-refractivity contribution is 0.628. The molecule has 2 heteroatoms. The highest BCUT2D eigenvalue weighted by Gasteiger charge is 2.54. The first-order valence-electron chi connectivity index (χ1n) is 23.0. The Morgan fingerprint density at radius 2 is 0.894 bits per heavy atom. The number of para-hydroxylation sites is 3. The number of nitrogens with zero attached hydrogens (tertiary/aromatic N) is 1. The predicted molar refractivity (Wildman–Crippen MR) is 271 cm³/mol. The lowest BCUT2D eigenvalue weighted by Crippen LogP contribution is -2.25. The maximum Gasteiger partial charge on any atom is 0.140 e. The van der Waals surface area contributed by atoms with Crippen LogP contribution in [0.1, 0.15) is 44.9 Å². The van der Waals surface area contributed by atoms with Gasteiger partial charge < -0.3 is 8.98 Å². The van der Waals surface area contributed by atoms with Crippen molar-refractivity contribution in [2.45, 2.75) is 11.3 Å². The molecule has 1 atom stereocenters. The Labute approximate surface area is 382 Å². The number of aromatic nitrogens is 1. The molecule has 2 heterocycles. The van der Waals surface area contributed by atoms with Crippen LogP contribution in [0.4, 0.5) is 0 Å². The maximum atomic E-state index is 6.92. The molecule has 0 N–H and O–H groups in total. The fourth-order valence-corrected chi connectivity index (χ4v) is 12.4. The Morgan fingerprint density at radius 3 is 1.61 bits per heavy atom. The number of rotatable bonds is 4. The molecule has 1 spiro atoms. The van der Waals surface area contributed by atoms with E-state index in [4.69, 9.17) is 4.42 Å². The van der Waals surface area contributed by atoms with E-state index in [-0.39, 0.29) is 5.92 Å². The van der Waals surface area contributed by atoms with Gasteiger partial charge in [-0.1, -0.05) is 188 Å². The van der Waals surface area contributed by atoms with Crippen LogP contribution in [0.5, 0.6) is 0 Å². The molecule has 1 unspecified atom stereocenters. The van der Waals surface area contributed by atoms with Crippen molar-refractivity contribution in [1.82, 2.24) is 4.57 Å². The molecule has 15 rings (SSSR count). The highest BCUT2D eigenvalue weighted by atomic mass is 16.3. The molecule has 66 heavy (non-hydrogen) atoms. The Balaban J connectivity index is 0.872. The summed E-state index contributed by atoms with van der Waals surface area (Å²) < 4.78 is 9.30. The fraction of sp³-hybridized carbons (Fsp3) is 0.0312. The molecule has 3 aliphatic rings. The van der Waals surface area contributed by atoms with E-state index in [9.17, 15) is 0 Å². The van der Waals surface area contributed by atoms with E-state index in [1.807, 2.05) is 0 Å². The van der Waals surface area contributed by atoms with Crippen LogP contribution >= 0.6 is 0 Å². The van der Waals surface area contributed by atoms with Crippen molar-refractivity contribution in [2.24, 2.45) is 0 Å². The molecule has 306 valence electrons. The van der Waals surface area contributed by atoms with Crippen LogP contribution in [0.2, 0.25) is 0 Å². The third kappa shape index (κ3) is 4.70. The van der Waals surface area contributed by atoms with Gasteiger partial charge in [0.05, 0.1) is 16.4 Å². The topological polar surface area (TPSA) is 18.1 Å². The van der Waals surface area contributed by atoms with Crippen molar-refractivity contribution in [3.05, 3.63) is 269 Å². The van der Waals surface area contributed by atoms with Crippen LogP contribution in [0, 0.1) is 0 Å². The first-order valence-corrected chi connectivity index (χ1v) is 23.0. The van der Waals surface area contributed by atoms with Crippen molar-refractivity contribution in [3.8, 4) is 61.5 Å². The zero-order chi connectivity index (χ0) is 43.1. The summed E-state index contributed by atoms with van der Waals surface area (Å²) in [6.45, 7) is 0. The molecule has 0 aliphatic heterocycles. The van der Waals surface area contributed by atoms with Gasteiger partial charge in [0.25, 0.3) is 0 Å². The van der Waals surface area contributed by atoms with E-state index < -0.39 is 5.41 Å². The summed E-state index contributed by atoms with van der Waals surface area (Å²) >= 11 is 0. The number of hydrogen-bond donors (Lipinski definition) is 0. The number of hydrogen-bond acceptors (Lipinski definition) is 1. The van der Waals surface area contributed by atoms with Gasteiger partial charge in [0.2, 0.25) is 0 Å². The Bertz CT molecular complexity index is 3900. The first kappa shape index (κ1) is 35.9. The van der Waals surface area contributed by atoms with Gasteiger partial charge in [-0.25, -0.2) is 0 Å². The zero-order valence-corrected chi connectivity index (χ0v) is 35.9. The Kier molecular flexibility index (Phi) is 7.24. The van der Waals surface area contributed by atoms with E-state index in [1.165, 1.54) is 111 Å². The summed E-state index contributed by atoms with van der Waals surface area (Å²) in [7, 11) is 0. The first-order chi connectivity index (χ1) is 32.7. The van der Waals surface area contributed by atoms with E-state index in [1.54, 1.807) is 0 Å². The molecule has 0 bridgehead atoms. The minimum Gasteiger partial charge on any atom is -0.456 e. The molecule has 0 amide bonds. The molecule has 0 saturated carbocycles. The quantitative estimate of drug-likeness (QED) is 0.173. The molecule has 10 aromatic carbocycles. The summed E-state index contributed by atoms with van der Waals surface area (Å²) in [6, 6.07) is 85.6. The van der Waals surface area contributed by atoms with Crippen molar-refractivity contribution >= 4 is 32.8 Å². The van der Waals surface area contributed by atoms with Crippen LogP contribution < -0.4 is 0 Å². The van der Waals surface area contributed by atoms with Crippen molar-refractivity contribution < 1.29 is 4.42 Å². The second-order valence-electron chi connectivity index (χ2n) is 18.3. The Hall–Kier alpha value is -8.46. The highest BCUT2D eigenvalue weighted by molar-refractivity contribution is 6.09. The van der Waals surface area contributed by atoms with Crippen molar-refractivity contribution in [3.63, 3.8) is 0 Å². The maximum absolute atomic E-state index is 6.92. The van der Waals surface area contributed by atoms with Gasteiger partial charge >= 0.3 is 0 Å². The average molecular weight is 838 g/mol. The SMILES string of the molecule is c1ccc2c(c1)-c1ccccc1C2c1ccc(-c2ccc3c(c2)C2(c4ccccc4-c4cc(-c5ccc(-n6c7ccccc7c7ccccc76)cc5)ccc42)c2c-3oc3ccccc23)cc1. The van der Waals surface area contributed by atoms with Gasteiger partial charge in [0.1, 0.15) is 11.3 Å². The van der Waals surface area contributed by atoms with Gasteiger partial charge in [-0.15, -0.1) is 0 Å². The van der Waals surface area contributed by atoms with E-state index >= 15 is 0 Å². The minimum atomic E-state index is -0.560. The van der Waals surface area contributed by atoms with Crippen LogP contribution in [0.25, 0.3) is 94.3 Å². The number of furan rings is 1. The molecular weight excluding hydrogens is 799 g/mol. The monoisotopic (exact) mass is 837 g/mol. The van der Waals surface area contributed by atoms with Gasteiger partial charge in [0.15, 0.2) is 0 Å². The summed E-state index contributed by atoms with van der Waals surface area (Å²) in [5.74, 6) is 1.19. The molecule has 3 aliphatic carbocycles. The summed E-state index contributed by atoms with van der Waals surface area (Å²) in [6.07, 6.45) is 0. The number of benzene rings is 10.